The first-order chi connectivity index (χ1) is 14.1. The van der Waals surface area contributed by atoms with E-state index >= 15 is 0 Å². The van der Waals surface area contributed by atoms with E-state index in [4.69, 9.17) is 0 Å². The molecule has 1 fully saturated rings. The molecule has 0 aliphatic carbocycles. The maximum absolute atomic E-state index is 12.7. The van der Waals surface area contributed by atoms with Crippen molar-refractivity contribution in [3.63, 3.8) is 0 Å². The van der Waals surface area contributed by atoms with Crippen molar-refractivity contribution in [1.82, 2.24) is 10.2 Å². The van der Waals surface area contributed by atoms with Gasteiger partial charge in [0, 0.05) is 13.1 Å². The number of benzene rings is 2. The minimum atomic E-state index is -0.314. The van der Waals surface area contributed by atoms with Gasteiger partial charge in [-0.25, -0.2) is 0 Å². The molecule has 6 heteroatoms. The van der Waals surface area contributed by atoms with Gasteiger partial charge >= 0.3 is 0 Å². The van der Waals surface area contributed by atoms with Crippen LogP contribution in [0.3, 0.4) is 0 Å². The molecule has 0 spiro atoms. The topological polar surface area (TPSA) is 66.5 Å². The zero-order valence-electron chi connectivity index (χ0n) is 16.3. The van der Waals surface area contributed by atoms with Gasteiger partial charge in [0.1, 0.15) is 0 Å². The number of rotatable bonds is 8. The van der Waals surface area contributed by atoms with E-state index in [0.29, 0.717) is 4.91 Å². The fourth-order valence-electron chi connectivity index (χ4n) is 3.23. The maximum Gasteiger partial charge on any atom is 0.293 e. The third-order valence-corrected chi connectivity index (χ3v) is 5.61. The van der Waals surface area contributed by atoms with Crippen LogP contribution >= 0.6 is 11.8 Å². The fourth-order valence-corrected chi connectivity index (χ4v) is 4.10. The largest absolute Gasteiger partial charge is 0.354 e. The monoisotopic (exact) mass is 408 g/mol. The van der Waals surface area contributed by atoms with E-state index < -0.39 is 0 Å². The summed E-state index contributed by atoms with van der Waals surface area (Å²) in [5.41, 5.74) is 1.85. The van der Waals surface area contributed by atoms with Gasteiger partial charge in [0.2, 0.25) is 5.91 Å². The summed E-state index contributed by atoms with van der Waals surface area (Å²) >= 11 is 0.933. The quantitative estimate of drug-likeness (QED) is 0.657. The molecule has 1 atom stereocenters. The molecule has 1 saturated heterocycles. The predicted octanol–water partition coefficient (Wildman–Crippen LogP) is 4.42. The highest BCUT2D eigenvalue weighted by Gasteiger charge is 2.34. The highest BCUT2D eigenvalue weighted by Crippen LogP contribution is 2.31. The Hall–Kier alpha value is -2.86. The molecular formula is C23H24N2O3S. The van der Waals surface area contributed by atoms with Crippen molar-refractivity contribution >= 4 is 34.9 Å². The molecule has 150 valence electrons. The average Bonchev–Trinajstić information content (AvgIpc) is 3.00. The lowest BCUT2D eigenvalue weighted by atomic mass is 9.94. The van der Waals surface area contributed by atoms with Crippen molar-refractivity contribution in [2.45, 2.75) is 25.7 Å². The van der Waals surface area contributed by atoms with Crippen LogP contribution in [0.25, 0.3) is 6.08 Å². The Morgan fingerprint density at radius 1 is 1.07 bits per heavy atom. The summed E-state index contributed by atoms with van der Waals surface area (Å²) in [5, 5.41) is 2.58. The summed E-state index contributed by atoms with van der Waals surface area (Å²) in [6, 6.07) is 19.1. The summed E-state index contributed by atoms with van der Waals surface area (Å²) in [4.78, 5) is 39.0. The Kier molecular flexibility index (Phi) is 7.25. The lowest BCUT2D eigenvalue weighted by molar-refractivity contribution is -0.125. The van der Waals surface area contributed by atoms with E-state index in [-0.39, 0.29) is 36.1 Å². The zero-order valence-corrected chi connectivity index (χ0v) is 17.2. The van der Waals surface area contributed by atoms with Gasteiger partial charge in [0.05, 0.1) is 10.8 Å². The number of carbonyl (C=O) groups is 3. The molecule has 0 bridgehead atoms. The van der Waals surface area contributed by atoms with Gasteiger partial charge in [-0.15, -0.1) is 0 Å². The first-order valence-corrected chi connectivity index (χ1v) is 10.5. The number of hydrogen-bond acceptors (Lipinski definition) is 4. The molecule has 0 saturated carbocycles. The third kappa shape index (κ3) is 5.35. The normalized spacial score (nSPS) is 16.3. The van der Waals surface area contributed by atoms with Gasteiger partial charge in [-0.2, -0.15) is 0 Å². The van der Waals surface area contributed by atoms with Gasteiger partial charge in [0.15, 0.2) is 0 Å². The first-order valence-electron chi connectivity index (χ1n) is 9.73. The van der Waals surface area contributed by atoms with Crippen LogP contribution in [0.15, 0.2) is 65.6 Å². The second kappa shape index (κ2) is 10.1. The molecule has 3 rings (SSSR count). The van der Waals surface area contributed by atoms with Gasteiger partial charge in [-0.05, 0) is 35.4 Å². The van der Waals surface area contributed by atoms with Crippen LogP contribution in [0, 0.1) is 0 Å². The van der Waals surface area contributed by atoms with Crippen molar-refractivity contribution in [3.05, 3.63) is 76.7 Å². The number of nitrogens with zero attached hydrogens (tertiary/aromatic N) is 1. The van der Waals surface area contributed by atoms with Crippen LogP contribution in [0.5, 0.6) is 0 Å². The molecule has 2 aromatic carbocycles. The highest BCUT2D eigenvalue weighted by molar-refractivity contribution is 8.18. The van der Waals surface area contributed by atoms with Gasteiger partial charge in [-0.3, -0.25) is 19.3 Å². The highest BCUT2D eigenvalue weighted by atomic mass is 32.2. The lowest BCUT2D eigenvalue weighted by Gasteiger charge is -2.18. The molecule has 5 nitrogen and oxygen atoms in total. The van der Waals surface area contributed by atoms with Gasteiger partial charge in [0.25, 0.3) is 11.1 Å². The van der Waals surface area contributed by atoms with Crippen LogP contribution in [-0.4, -0.2) is 35.0 Å². The summed E-state index contributed by atoms with van der Waals surface area (Å²) in [7, 11) is 0. The van der Waals surface area contributed by atoms with Crippen LogP contribution in [-0.2, 0) is 9.59 Å². The number of amides is 3. The van der Waals surface area contributed by atoms with E-state index in [1.54, 1.807) is 6.08 Å². The molecule has 3 amide bonds. The second-order valence-electron chi connectivity index (χ2n) is 6.79. The van der Waals surface area contributed by atoms with Crippen molar-refractivity contribution < 1.29 is 14.4 Å². The van der Waals surface area contributed by atoms with Crippen molar-refractivity contribution in [3.8, 4) is 0 Å². The van der Waals surface area contributed by atoms with E-state index in [0.717, 1.165) is 35.7 Å². The molecule has 1 unspecified atom stereocenters. The van der Waals surface area contributed by atoms with E-state index in [9.17, 15) is 14.4 Å². The summed E-state index contributed by atoms with van der Waals surface area (Å²) in [6.07, 6.45) is 3.35. The number of thioether (sulfide) groups is 1. The third-order valence-electron chi connectivity index (χ3n) is 4.70. The van der Waals surface area contributed by atoms with Gasteiger partial charge < -0.3 is 5.32 Å². The smallest absolute Gasteiger partial charge is 0.293 e. The fraction of sp³-hybridized carbons (Fsp3) is 0.261. The van der Waals surface area contributed by atoms with E-state index in [1.165, 1.54) is 4.90 Å². The predicted molar refractivity (Wildman–Crippen MR) is 116 cm³/mol. The van der Waals surface area contributed by atoms with E-state index in [2.05, 4.69) is 5.32 Å². The van der Waals surface area contributed by atoms with Crippen LogP contribution in [0.4, 0.5) is 4.79 Å². The summed E-state index contributed by atoms with van der Waals surface area (Å²) in [5.74, 6) is -0.620. The Morgan fingerprint density at radius 3 is 2.38 bits per heavy atom. The Labute approximate surface area is 175 Å². The zero-order chi connectivity index (χ0) is 20.6. The lowest BCUT2D eigenvalue weighted by Crippen LogP contribution is -2.38. The molecule has 0 radical (unpaired) electrons. The Bertz CT molecular complexity index is 897. The number of carbonyl (C=O) groups excluding carboxylic acids is 3. The van der Waals surface area contributed by atoms with Gasteiger partial charge in [-0.1, -0.05) is 74.0 Å². The Balaban J connectivity index is 1.58. The SMILES string of the molecule is CCCC(C(=O)NCCN1C(=O)S/C(=C/c2ccccc2)C1=O)c1ccccc1. The van der Waals surface area contributed by atoms with E-state index in [1.807, 2.05) is 67.6 Å². The first kappa shape index (κ1) is 20.9. The molecule has 1 heterocycles. The molecular weight excluding hydrogens is 384 g/mol. The average molecular weight is 409 g/mol. The summed E-state index contributed by atoms with van der Waals surface area (Å²) in [6.45, 7) is 2.45. The van der Waals surface area contributed by atoms with Crippen LogP contribution in [0.1, 0.15) is 36.8 Å². The number of imide groups is 1. The summed E-state index contributed by atoms with van der Waals surface area (Å²) < 4.78 is 0. The number of hydrogen-bond donors (Lipinski definition) is 1. The van der Waals surface area contributed by atoms with Crippen LogP contribution in [0.2, 0.25) is 0 Å². The maximum atomic E-state index is 12.7. The Morgan fingerprint density at radius 2 is 1.72 bits per heavy atom. The standard InChI is InChI=1S/C23H24N2O3S/c1-2-9-19(18-12-7-4-8-13-18)21(26)24-14-15-25-22(27)20(29-23(25)28)16-17-10-5-3-6-11-17/h3-8,10-13,16,19H,2,9,14-15H2,1H3,(H,24,26)/b20-16+. The second-order valence-corrected chi connectivity index (χ2v) is 7.78. The van der Waals surface area contributed by atoms with Crippen LogP contribution < -0.4 is 5.32 Å². The number of nitrogens with one attached hydrogen (secondary N) is 1. The molecule has 2 aromatic rings. The molecule has 1 N–H and O–H groups in total. The molecule has 29 heavy (non-hydrogen) atoms. The van der Waals surface area contributed by atoms with Crippen molar-refractivity contribution in [1.29, 1.82) is 0 Å². The van der Waals surface area contributed by atoms with Crippen molar-refractivity contribution in [2.24, 2.45) is 0 Å². The molecule has 1 aliphatic rings. The molecule has 0 aromatic heterocycles. The minimum Gasteiger partial charge on any atom is -0.354 e. The molecule has 1 aliphatic heterocycles. The minimum absolute atomic E-state index is 0.0788. The van der Waals surface area contributed by atoms with Crippen molar-refractivity contribution in [2.75, 3.05) is 13.1 Å².